The van der Waals surface area contributed by atoms with Gasteiger partial charge in [0.25, 0.3) is 5.92 Å². The van der Waals surface area contributed by atoms with E-state index in [1.165, 1.54) is 0 Å². The summed E-state index contributed by atoms with van der Waals surface area (Å²) in [5, 5.41) is 10.2. The molecule has 10 heteroatoms. The summed E-state index contributed by atoms with van der Waals surface area (Å²) in [5.41, 5.74) is -0.248. The molecule has 0 spiro atoms. The van der Waals surface area contributed by atoms with Crippen LogP contribution in [-0.4, -0.2) is 41.6 Å². The van der Waals surface area contributed by atoms with Crippen LogP contribution in [0.5, 0.6) is 0 Å². The number of nitriles is 1. The average Bonchev–Trinajstić information content (AvgIpc) is 3.34. The highest BCUT2D eigenvalue weighted by atomic mass is 32.1. The zero-order valence-electron chi connectivity index (χ0n) is 16.5. The van der Waals surface area contributed by atoms with Crippen molar-refractivity contribution in [3.8, 4) is 6.07 Å². The number of nitrogens with zero attached hydrogens (tertiary/aromatic N) is 3. The van der Waals surface area contributed by atoms with Gasteiger partial charge in [0.1, 0.15) is 17.7 Å². The number of ether oxygens (including phenoxy) is 1. The molecule has 2 saturated heterocycles. The van der Waals surface area contributed by atoms with Gasteiger partial charge in [-0.15, -0.1) is 11.3 Å². The number of hydrogen-bond donors (Lipinski definition) is 0. The van der Waals surface area contributed by atoms with E-state index in [0.29, 0.717) is 42.9 Å². The molecule has 0 radical (unpaired) electrons. The number of halogens is 5. The monoisotopic (exact) mass is 457 g/mol. The molecule has 2 aromatic rings. The first-order valence-corrected chi connectivity index (χ1v) is 10.7. The van der Waals surface area contributed by atoms with Crippen LogP contribution in [-0.2, 0) is 23.9 Å². The number of benzene rings is 1. The molecule has 0 N–H and O–H groups in total. The van der Waals surface area contributed by atoms with Crippen LogP contribution in [0.3, 0.4) is 0 Å². The lowest BCUT2D eigenvalue weighted by molar-refractivity contribution is -0.301. The normalized spacial score (nSPS) is 25.9. The van der Waals surface area contributed by atoms with Crippen LogP contribution in [0.15, 0.2) is 29.6 Å². The van der Waals surface area contributed by atoms with Crippen LogP contribution in [0.1, 0.15) is 34.7 Å². The molecule has 2 aliphatic rings. The first kappa shape index (κ1) is 22.1. The molecule has 2 atom stereocenters. The highest BCUT2D eigenvalue weighted by molar-refractivity contribution is 7.09. The summed E-state index contributed by atoms with van der Waals surface area (Å²) in [5.74, 6) is -2.91. The minimum Gasteiger partial charge on any atom is -0.365 e. The van der Waals surface area contributed by atoms with Gasteiger partial charge in [0, 0.05) is 17.3 Å². The maximum Gasteiger partial charge on any atom is 0.434 e. The molecule has 4 rings (SSSR count). The predicted octanol–water partition coefficient (Wildman–Crippen LogP) is 4.89. The Morgan fingerprint density at radius 1 is 1.26 bits per heavy atom. The number of likely N-dealkylation sites (tertiary alicyclic amines) is 1. The van der Waals surface area contributed by atoms with E-state index >= 15 is 0 Å². The number of thiazole rings is 1. The summed E-state index contributed by atoms with van der Waals surface area (Å²) in [6.07, 6.45) is -4.22. The molecular formula is C21H20F5N3OS. The van der Waals surface area contributed by atoms with E-state index in [1.807, 2.05) is 23.1 Å². The topological polar surface area (TPSA) is 49.1 Å². The van der Waals surface area contributed by atoms with Crippen LogP contribution < -0.4 is 0 Å². The SMILES string of the molecule is N#Cc1ccc(CC[C@@]2([C@H]3OCC3(F)F)CCN(Cc3nc(C(F)(F)F)cs3)C2)cc1. The van der Waals surface area contributed by atoms with Crippen LogP contribution in [0.2, 0.25) is 0 Å². The van der Waals surface area contributed by atoms with Gasteiger partial charge in [-0.05, 0) is 43.5 Å². The van der Waals surface area contributed by atoms with Gasteiger partial charge in [0.05, 0.1) is 18.2 Å². The number of rotatable bonds is 6. The predicted molar refractivity (Wildman–Crippen MR) is 104 cm³/mol. The Morgan fingerprint density at radius 2 is 2.00 bits per heavy atom. The largest absolute Gasteiger partial charge is 0.434 e. The summed E-state index contributed by atoms with van der Waals surface area (Å²) in [6, 6.07) is 9.05. The second-order valence-corrected chi connectivity index (χ2v) is 9.15. The quantitative estimate of drug-likeness (QED) is 0.580. The third-order valence-corrected chi connectivity index (χ3v) is 6.88. The van der Waals surface area contributed by atoms with Gasteiger partial charge in [-0.1, -0.05) is 12.1 Å². The van der Waals surface area contributed by atoms with Crippen LogP contribution in [0.4, 0.5) is 22.0 Å². The Morgan fingerprint density at radius 3 is 2.55 bits per heavy atom. The highest BCUT2D eigenvalue weighted by Crippen LogP contribution is 2.50. The lowest BCUT2D eigenvalue weighted by atomic mass is 9.72. The lowest BCUT2D eigenvalue weighted by Crippen LogP contribution is -2.61. The Kier molecular flexibility index (Phi) is 5.79. The zero-order chi connectivity index (χ0) is 22.3. The first-order valence-electron chi connectivity index (χ1n) is 9.84. The van der Waals surface area contributed by atoms with Crippen molar-refractivity contribution in [1.82, 2.24) is 9.88 Å². The highest BCUT2D eigenvalue weighted by Gasteiger charge is 2.61. The van der Waals surface area contributed by atoms with E-state index in [1.54, 1.807) is 12.1 Å². The van der Waals surface area contributed by atoms with Crippen LogP contribution in [0, 0.1) is 16.7 Å². The van der Waals surface area contributed by atoms with E-state index in [0.717, 1.165) is 22.3 Å². The average molecular weight is 457 g/mol. The van der Waals surface area contributed by atoms with Gasteiger partial charge in [-0.2, -0.15) is 18.4 Å². The van der Waals surface area contributed by atoms with Gasteiger partial charge >= 0.3 is 6.18 Å². The standard InChI is InChI=1S/C21H20F5N3OS/c22-20(23)13-30-18(20)19(6-5-14-1-3-15(9-27)4-2-14)7-8-29(12-19)10-17-28-16(11-31-17)21(24,25)26/h1-4,11,18H,5-8,10,12-13H2/t18-,19-/m1/s1. The fourth-order valence-corrected chi connectivity index (χ4v) is 5.27. The molecule has 166 valence electrons. The van der Waals surface area contributed by atoms with E-state index < -0.39 is 35.9 Å². The van der Waals surface area contributed by atoms with E-state index in [-0.39, 0.29) is 6.54 Å². The summed E-state index contributed by atoms with van der Waals surface area (Å²) >= 11 is 0.926. The van der Waals surface area contributed by atoms with Crippen molar-refractivity contribution in [1.29, 1.82) is 5.26 Å². The van der Waals surface area contributed by atoms with Gasteiger partial charge in [0.15, 0.2) is 5.69 Å². The minimum atomic E-state index is -4.49. The molecule has 2 fully saturated rings. The van der Waals surface area contributed by atoms with Crippen molar-refractivity contribution in [3.63, 3.8) is 0 Å². The summed E-state index contributed by atoms with van der Waals surface area (Å²) in [4.78, 5) is 5.54. The van der Waals surface area contributed by atoms with E-state index in [4.69, 9.17) is 10.00 Å². The maximum atomic E-state index is 14.3. The molecule has 0 aliphatic carbocycles. The maximum absolute atomic E-state index is 14.3. The molecule has 1 aromatic carbocycles. The molecule has 1 aromatic heterocycles. The second kappa shape index (κ2) is 8.11. The van der Waals surface area contributed by atoms with E-state index in [9.17, 15) is 22.0 Å². The number of aromatic nitrogens is 1. The summed E-state index contributed by atoms with van der Waals surface area (Å²) < 4.78 is 72.3. The van der Waals surface area contributed by atoms with Crippen molar-refractivity contribution in [2.24, 2.45) is 5.41 Å². The molecule has 0 bridgehead atoms. The smallest absolute Gasteiger partial charge is 0.365 e. The number of alkyl halides is 5. The fraction of sp³-hybridized carbons (Fsp3) is 0.524. The first-order chi connectivity index (χ1) is 14.6. The van der Waals surface area contributed by atoms with Crippen molar-refractivity contribution in [3.05, 3.63) is 51.5 Å². The minimum absolute atomic E-state index is 0.192. The Hall–Kier alpha value is -2.09. The molecule has 0 amide bonds. The van der Waals surface area contributed by atoms with Crippen LogP contribution in [0.25, 0.3) is 0 Å². The van der Waals surface area contributed by atoms with E-state index in [2.05, 4.69) is 4.98 Å². The van der Waals surface area contributed by atoms with Gasteiger partial charge in [-0.25, -0.2) is 13.8 Å². The van der Waals surface area contributed by atoms with Crippen LogP contribution >= 0.6 is 11.3 Å². The Balaban J connectivity index is 1.47. The molecule has 4 nitrogen and oxygen atoms in total. The molecule has 31 heavy (non-hydrogen) atoms. The van der Waals surface area contributed by atoms with Crippen molar-refractivity contribution in [2.75, 3.05) is 19.7 Å². The van der Waals surface area contributed by atoms with Gasteiger partial charge in [0.2, 0.25) is 0 Å². The Bertz CT molecular complexity index is 969. The molecule has 3 heterocycles. The molecule has 0 saturated carbocycles. The third-order valence-electron chi connectivity index (χ3n) is 6.04. The number of aryl methyl sites for hydroxylation is 1. The Labute approximate surface area is 180 Å². The summed E-state index contributed by atoms with van der Waals surface area (Å²) in [7, 11) is 0. The van der Waals surface area contributed by atoms with Gasteiger partial charge < -0.3 is 4.74 Å². The van der Waals surface area contributed by atoms with Crippen molar-refractivity contribution >= 4 is 11.3 Å². The van der Waals surface area contributed by atoms with Crippen molar-refractivity contribution in [2.45, 2.75) is 44.0 Å². The van der Waals surface area contributed by atoms with Gasteiger partial charge in [-0.3, -0.25) is 4.90 Å². The molecular weight excluding hydrogens is 437 g/mol. The fourth-order valence-electron chi connectivity index (χ4n) is 4.43. The summed E-state index contributed by atoms with van der Waals surface area (Å²) in [6.45, 7) is 0.393. The molecule has 2 aliphatic heterocycles. The van der Waals surface area contributed by atoms with Crippen molar-refractivity contribution < 1.29 is 26.7 Å². The molecule has 0 unspecified atom stereocenters. The zero-order valence-corrected chi connectivity index (χ0v) is 17.3. The lowest BCUT2D eigenvalue weighted by Gasteiger charge is -2.48. The number of hydrogen-bond acceptors (Lipinski definition) is 5. The second-order valence-electron chi connectivity index (χ2n) is 8.21. The third kappa shape index (κ3) is 4.59.